The predicted molar refractivity (Wildman–Crippen MR) is 83.3 cm³/mol. The van der Waals surface area contributed by atoms with E-state index in [0.29, 0.717) is 18.5 Å². The van der Waals surface area contributed by atoms with Crippen molar-refractivity contribution < 1.29 is 14.4 Å². The summed E-state index contributed by atoms with van der Waals surface area (Å²) in [7, 11) is 0. The van der Waals surface area contributed by atoms with Gasteiger partial charge in [-0.05, 0) is 63.0 Å². The molecule has 1 heterocycles. The predicted octanol–water partition coefficient (Wildman–Crippen LogP) is 0.884. The maximum absolute atomic E-state index is 11.9. The second-order valence-electron chi connectivity index (χ2n) is 5.67. The molecule has 1 aliphatic rings. The quantitative estimate of drug-likeness (QED) is 0.708. The Kier molecular flexibility index (Phi) is 5.27. The molecule has 1 fully saturated rings. The third-order valence-electron chi connectivity index (χ3n) is 3.63. The van der Waals surface area contributed by atoms with E-state index in [1.54, 1.807) is 12.1 Å². The molecule has 3 N–H and O–H groups in total. The molecule has 0 radical (unpaired) electrons. The number of hydrogen-bond donors (Lipinski definition) is 3. The Morgan fingerprint density at radius 3 is 2.18 bits per heavy atom. The molecule has 0 aromatic heterocycles. The number of amides is 3. The van der Waals surface area contributed by atoms with Crippen molar-refractivity contribution in [1.29, 1.82) is 0 Å². The molecule has 1 aromatic carbocycles. The van der Waals surface area contributed by atoms with Crippen LogP contribution in [0.4, 0.5) is 5.69 Å². The van der Waals surface area contributed by atoms with Gasteiger partial charge in [0.2, 0.25) is 5.91 Å². The molecule has 118 valence electrons. The Labute approximate surface area is 129 Å². The summed E-state index contributed by atoms with van der Waals surface area (Å²) in [5.74, 6) is -2.32. The number of piperidine rings is 1. The lowest BCUT2D eigenvalue weighted by Crippen LogP contribution is -2.44. The van der Waals surface area contributed by atoms with E-state index in [1.165, 1.54) is 0 Å². The van der Waals surface area contributed by atoms with Gasteiger partial charge < -0.3 is 10.6 Å². The van der Waals surface area contributed by atoms with E-state index >= 15 is 0 Å². The number of carbonyl (C=O) groups is 3. The van der Waals surface area contributed by atoms with Crippen molar-refractivity contribution in [3.05, 3.63) is 29.3 Å². The number of rotatable bonds is 2. The van der Waals surface area contributed by atoms with Crippen LogP contribution in [-0.4, -0.2) is 30.8 Å². The Bertz CT molecular complexity index is 572. The van der Waals surface area contributed by atoms with Crippen molar-refractivity contribution in [1.82, 2.24) is 10.6 Å². The molecule has 1 aromatic rings. The molecule has 0 atom stereocenters. The molecule has 6 heteroatoms. The van der Waals surface area contributed by atoms with Crippen LogP contribution in [0.3, 0.4) is 0 Å². The monoisotopic (exact) mass is 303 g/mol. The van der Waals surface area contributed by atoms with E-state index in [0.717, 1.165) is 24.2 Å². The lowest BCUT2D eigenvalue weighted by molar-refractivity contribution is -0.141. The highest BCUT2D eigenvalue weighted by Gasteiger charge is 2.25. The summed E-state index contributed by atoms with van der Waals surface area (Å²) in [4.78, 5) is 35.6. The average molecular weight is 303 g/mol. The van der Waals surface area contributed by atoms with Crippen molar-refractivity contribution in [2.75, 3.05) is 18.4 Å². The zero-order chi connectivity index (χ0) is 16.1. The Hall–Kier alpha value is -2.21. The first-order valence-corrected chi connectivity index (χ1v) is 7.41. The van der Waals surface area contributed by atoms with Gasteiger partial charge in [0.05, 0.1) is 0 Å². The summed E-state index contributed by atoms with van der Waals surface area (Å²) in [6.45, 7) is 5.31. The summed E-state index contributed by atoms with van der Waals surface area (Å²) < 4.78 is 0. The number of carbonyl (C=O) groups excluding carboxylic acids is 3. The van der Waals surface area contributed by atoms with Gasteiger partial charge in [-0.15, -0.1) is 0 Å². The molecule has 0 spiro atoms. The normalized spacial score (nSPS) is 15.2. The maximum Gasteiger partial charge on any atom is 0.316 e. The molecule has 3 amide bonds. The highest BCUT2D eigenvalue weighted by molar-refractivity contribution is 6.42. The molecule has 1 saturated heterocycles. The molecular weight excluding hydrogens is 282 g/mol. The van der Waals surface area contributed by atoms with E-state index < -0.39 is 11.8 Å². The first-order valence-electron chi connectivity index (χ1n) is 7.41. The lowest BCUT2D eigenvalue weighted by atomic mass is 9.97. The third-order valence-corrected chi connectivity index (χ3v) is 3.63. The van der Waals surface area contributed by atoms with Crippen LogP contribution in [0.1, 0.15) is 24.0 Å². The van der Waals surface area contributed by atoms with Gasteiger partial charge in [-0.2, -0.15) is 0 Å². The first kappa shape index (κ1) is 16.2. The van der Waals surface area contributed by atoms with Gasteiger partial charge in [-0.1, -0.05) is 6.07 Å². The van der Waals surface area contributed by atoms with E-state index in [9.17, 15) is 14.4 Å². The van der Waals surface area contributed by atoms with Crippen molar-refractivity contribution in [2.24, 2.45) is 5.92 Å². The van der Waals surface area contributed by atoms with Crippen LogP contribution >= 0.6 is 0 Å². The van der Waals surface area contributed by atoms with Gasteiger partial charge in [-0.3, -0.25) is 19.7 Å². The van der Waals surface area contributed by atoms with Crippen molar-refractivity contribution in [3.63, 3.8) is 0 Å². The summed E-state index contributed by atoms with van der Waals surface area (Å²) in [6.07, 6.45) is 1.36. The standard InChI is InChI=1S/C16H21N3O3/c1-10-7-11(2)9-13(8-10)18-15(21)16(22)19-14(20)12-3-5-17-6-4-12/h7-9,12,17H,3-6H2,1-2H3,(H,18,21)(H,19,20,22). The Morgan fingerprint density at radius 1 is 1.00 bits per heavy atom. The summed E-state index contributed by atoms with van der Waals surface area (Å²) in [5, 5.41) is 7.84. The fourth-order valence-corrected chi connectivity index (χ4v) is 2.59. The van der Waals surface area contributed by atoms with Gasteiger partial charge in [0, 0.05) is 11.6 Å². The minimum atomic E-state index is -0.914. The summed E-state index contributed by atoms with van der Waals surface area (Å²) in [5.41, 5.74) is 2.52. The number of nitrogens with one attached hydrogen (secondary N) is 3. The van der Waals surface area contributed by atoms with E-state index in [4.69, 9.17) is 0 Å². The third kappa shape index (κ3) is 4.39. The van der Waals surface area contributed by atoms with Gasteiger partial charge in [-0.25, -0.2) is 0 Å². The summed E-state index contributed by atoms with van der Waals surface area (Å²) in [6, 6.07) is 5.51. The smallest absolute Gasteiger partial charge is 0.316 e. The fraction of sp³-hybridized carbons (Fsp3) is 0.438. The second-order valence-corrected chi connectivity index (χ2v) is 5.67. The van der Waals surface area contributed by atoms with Crippen LogP contribution in [0.15, 0.2) is 18.2 Å². The largest absolute Gasteiger partial charge is 0.318 e. The van der Waals surface area contributed by atoms with Crippen molar-refractivity contribution in [2.45, 2.75) is 26.7 Å². The molecule has 1 aliphatic heterocycles. The van der Waals surface area contributed by atoms with Crippen LogP contribution in [0, 0.1) is 19.8 Å². The zero-order valence-electron chi connectivity index (χ0n) is 12.9. The zero-order valence-corrected chi connectivity index (χ0v) is 12.9. The Balaban J connectivity index is 1.91. The average Bonchev–Trinajstić information content (AvgIpc) is 2.46. The van der Waals surface area contributed by atoms with E-state index in [-0.39, 0.29) is 11.8 Å². The molecule has 22 heavy (non-hydrogen) atoms. The second kappa shape index (κ2) is 7.17. The topological polar surface area (TPSA) is 87.3 Å². The summed E-state index contributed by atoms with van der Waals surface area (Å²) >= 11 is 0. The van der Waals surface area contributed by atoms with Gasteiger partial charge in [0.1, 0.15) is 0 Å². The molecule has 0 aliphatic carbocycles. The van der Waals surface area contributed by atoms with Crippen molar-refractivity contribution in [3.8, 4) is 0 Å². The van der Waals surface area contributed by atoms with Crippen LogP contribution in [0.25, 0.3) is 0 Å². The number of aryl methyl sites for hydroxylation is 2. The number of imide groups is 1. The molecule has 0 unspecified atom stereocenters. The fourth-order valence-electron chi connectivity index (χ4n) is 2.59. The van der Waals surface area contributed by atoms with E-state index in [1.807, 2.05) is 19.9 Å². The number of anilines is 1. The first-order chi connectivity index (χ1) is 10.5. The lowest BCUT2D eigenvalue weighted by Gasteiger charge is -2.21. The van der Waals surface area contributed by atoms with E-state index in [2.05, 4.69) is 16.0 Å². The molecule has 2 rings (SSSR count). The molecule has 6 nitrogen and oxygen atoms in total. The van der Waals surface area contributed by atoms with Crippen LogP contribution in [-0.2, 0) is 14.4 Å². The number of hydrogen-bond acceptors (Lipinski definition) is 4. The van der Waals surface area contributed by atoms with Gasteiger partial charge >= 0.3 is 11.8 Å². The van der Waals surface area contributed by atoms with Crippen LogP contribution < -0.4 is 16.0 Å². The molecular formula is C16H21N3O3. The van der Waals surface area contributed by atoms with Crippen molar-refractivity contribution >= 4 is 23.4 Å². The minimum Gasteiger partial charge on any atom is -0.318 e. The molecule has 0 bridgehead atoms. The number of benzene rings is 1. The van der Waals surface area contributed by atoms with Crippen LogP contribution in [0.5, 0.6) is 0 Å². The molecule has 0 saturated carbocycles. The highest BCUT2D eigenvalue weighted by Crippen LogP contribution is 2.14. The van der Waals surface area contributed by atoms with Gasteiger partial charge in [0.15, 0.2) is 0 Å². The highest BCUT2D eigenvalue weighted by atomic mass is 16.2. The van der Waals surface area contributed by atoms with Gasteiger partial charge in [0.25, 0.3) is 0 Å². The maximum atomic E-state index is 11.9. The minimum absolute atomic E-state index is 0.209. The SMILES string of the molecule is Cc1cc(C)cc(NC(=O)C(=O)NC(=O)C2CCNCC2)c1. The Morgan fingerprint density at radius 2 is 1.59 bits per heavy atom. The van der Waals surface area contributed by atoms with Crippen LogP contribution in [0.2, 0.25) is 0 Å².